The number of aromatic nitrogens is 1. The first-order valence-electron chi connectivity index (χ1n) is 20.3. The molecule has 1 aliphatic heterocycles. The predicted octanol–water partition coefficient (Wildman–Crippen LogP) is 5.89. The molecule has 0 spiro atoms. The highest BCUT2D eigenvalue weighted by atomic mass is 35.5. The second-order valence-electron chi connectivity index (χ2n) is 15.4. The predicted molar refractivity (Wildman–Crippen MR) is 219 cm³/mol. The highest BCUT2D eigenvalue weighted by Crippen LogP contribution is 2.53. The number of carbonyl (C=O) groups excluding carboxylic acids is 2. The molecule has 1 saturated heterocycles. The molecule has 2 saturated carbocycles. The van der Waals surface area contributed by atoms with Gasteiger partial charge in [-0.25, -0.2) is 0 Å². The Morgan fingerprint density at radius 2 is 1.62 bits per heavy atom. The molecule has 1 atom stereocenters. The van der Waals surface area contributed by atoms with E-state index in [1.165, 1.54) is 0 Å². The normalized spacial score (nSPS) is 17.4. The van der Waals surface area contributed by atoms with Crippen LogP contribution in [0, 0.1) is 0 Å². The van der Waals surface area contributed by atoms with Crippen molar-refractivity contribution in [2.75, 3.05) is 59.0 Å². The second-order valence-corrected chi connectivity index (χ2v) is 16.2. The van der Waals surface area contributed by atoms with Gasteiger partial charge < -0.3 is 30.3 Å². The Labute approximate surface area is 341 Å². The van der Waals surface area contributed by atoms with E-state index in [-0.39, 0.29) is 18.4 Å². The first-order valence-corrected chi connectivity index (χ1v) is 21.1. The Bertz CT molecular complexity index is 1750. The van der Waals surface area contributed by atoms with Crippen molar-refractivity contribution in [1.82, 2.24) is 25.4 Å². The maximum atomic E-state index is 12.6. The minimum absolute atomic E-state index is 0.0102. The Balaban J connectivity index is 0.864. The number of nitrogens with zero attached hydrogens (tertiary/aromatic N) is 3. The molecule has 3 fully saturated rings. The van der Waals surface area contributed by atoms with Crippen LogP contribution in [-0.4, -0.2) is 108 Å². The monoisotopic (exact) mass is 809 g/mol. The van der Waals surface area contributed by atoms with Gasteiger partial charge in [-0.15, -0.1) is 0 Å². The van der Waals surface area contributed by atoms with Crippen molar-refractivity contribution in [2.45, 2.75) is 95.0 Å². The van der Waals surface area contributed by atoms with Gasteiger partial charge in [0.1, 0.15) is 5.75 Å². The van der Waals surface area contributed by atoms with Gasteiger partial charge in [-0.05, 0) is 105 Å². The van der Waals surface area contributed by atoms with Gasteiger partial charge in [0, 0.05) is 85.8 Å². The summed E-state index contributed by atoms with van der Waals surface area (Å²) in [6.45, 7) is 5.77. The number of pyridine rings is 1. The van der Waals surface area contributed by atoms with E-state index >= 15 is 0 Å². The van der Waals surface area contributed by atoms with Crippen molar-refractivity contribution in [1.29, 1.82) is 0 Å². The molecule has 6 rings (SSSR count). The summed E-state index contributed by atoms with van der Waals surface area (Å²) in [6.07, 6.45) is 12.2. The van der Waals surface area contributed by atoms with E-state index < -0.39 is 11.7 Å². The molecule has 11 nitrogen and oxygen atoms in total. The van der Waals surface area contributed by atoms with Crippen LogP contribution in [0.1, 0.15) is 80.9 Å². The lowest BCUT2D eigenvalue weighted by Crippen LogP contribution is -2.50. The molecule has 3 aliphatic rings. The average molecular weight is 811 g/mol. The van der Waals surface area contributed by atoms with Crippen molar-refractivity contribution in [3.8, 4) is 16.9 Å². The maximum absolute atomic E-state index is 12.6. The Morgan fingerprint density at radius 3 is 2.39 bits per heavy atom. The van der Waals surface area contributed by atoms with Crippen molar-refractivity contribution in [3.05, 3.63) is 81.6 Å². The number of hydrogen-bond acceptors (Lipinski definition) is 9. The third-order valence-electron chi connectivity index (χ3n) is 10.9. The standard InChI is InChI=1S/C43H57Cl2N5O6/c44-38-26-32(30-55-43(15-16-43)37-27-46-18-14-35(37)36-9-2-3-10-40(36)56-34-12-13-34)39(45)25-31(38)7-1-4-11-41(53)48-19-20-49-21-23-50(24-22-49)28-42(54)47-17-6-5-8-33(52)29-51/h2-3,9-10,14,18,25-27,33-34,51-52H,1,4-8,11-13,15-17,19-24,28-30H2,(H,47,54)(H,48,53). The highest BCUT2D eigenvalue weighted by molar-refractivity contribution is 6.34. The van der Waals surface area contributed by atoms with Crippen LogP contribution in [0.3, 0.4) is 0 Å². The van der Waals surface area contributed by atoms with Gasteiger partial charge in [-0.1, -0.05) is 41.4 Å². The Kier molecular flexibility index (Phi) is 15.8. The van der Waals surface area contributed by atoms with Gasteiger partial charge in [0.25, 0.3) is 0 Å². The third kappa shape index (κ3) is 12.6. The van der Waals surface area contributed by atoms with Crippen LogP contribution in [0.4, 0.5) is 0 Å². The van der Waals surface area contributed by atoms with Gasteiger partial charge in [-0.2, -0.15) is 0 Å². The van der Waals surface area contributed by atoms with E-state index in [4.69, 9.17) is 37.8 Å². The van der Waals surface area contributed by atoms with Crippen molar-refractivity contribution in [2.24, 2.45) is 0 Å². The molecule has 0 radical (unpaired) electrons. The number of amides is 2. The zero-order valence-electron chi connectivity index (χ0n) is 32.3. The van der Waals surface area contributed by atoms with E-state index in [1.54, 1.807) is 0 Å². The molecule has 2 aliphatic carbocycles. The van der Waals surface area contributed by atoms with E-state index in [0.717, 1.165) is 124 Å². The lowest BCUT2D eigenvalue weighted by molar-refractivity contribution is -0.123. The van der Waals surface area contributed by atoms with E-state index in [1.807, 2.05) is 48.8 Å². The largest absolute Gasteiger partial charge is 0.490 e. The van der Waals surface area contributed by atoms with E-state index in [2.05, 4.69) is 31.5 Å². The van der Waals surface area contributed by atoms with Crippen LogP contribution in [-0.2, 0) is 33.0 Å². The lowest BCUT2D eigenvalue weighted by Gasteiger charge is -2.34. The molecular weight excluding hydrogens is 753 g/mol. The number of hydrogen-bond donors (Lipinski definition) is 4. The number of piperazine rings is 1. The fraction of sp³-hybridized carbons (Fsp3) is 0.558. The molecule has 0 bridgehead atoms. The topological polar surface area (TPSA) is 136 Å². The molecule has 56 heavy (non-hydrogen) atoms. The molecule has 2 amide bonds. The van der Waals surface area contributed by atoms with Crippen LogP contribution < -0.4 is 15.4 Å². The SMILES string of the molecule is O=C(CCCCc1cc(Cl)c(COC2(c3cnccc3-c3ccccc3OC3CC3)CC2)cc1Cl)NCCN1CCN(CC(=O)NCCCCC(O)CO)CC1. The fourth-order valence-electron chi connectivity index (χ4n) is 7.20. The second kappa shape index (κ2) is 20.9. The van der Waals surface area contributed by atoms with Crippen LogP contribution in [0.15, 0.2) is 54.9 Å². The number of aliphatic hydroxyl groups excluding tert-OH is 2. The summed E-state index contributed by atoms with van der Waals surface area (Å²) in [5.74, 6) is 0.956. The number of aryl methyl sites for hydroxylation is 1. The minimum Gasteiger partial charge on any atom is -0.490 e. The summed E-state index contributed by atoms with van der Waals surface area (Å²) < 4.78 is 12.9. The smallest absolute Gasteiger partial charge is 0.234 e. The molecule has 4 N–H and O–H groups in total. The molecule has 13 heteroatoms. The van der Waals surface area contributed by atoms with E-state index in [9.17, 15) is 14.7 Å². The Morgan fingerprint density at radius 1 is 0.893 bits per heavy atom. The molecule has 304 valence electrons. The van der Waals surface area contributed by atoms with Crippen LogP contribution in [0.2, 0.25) is 10.0 Å². The summed E-state index contributed by atoms with van der Waals surface area (Å²) in [4.78, 5) is 33.8. The number of unbranched alkanes of at least 4 members (excludes halogenated alkanes) is 2. The first-order chi connectivity index (χ1) is 27.2. The van der Waals surface area contributed by atoms with Gasteiger partial charge in [0.15, 0.2) is 0 Å². The summed E-state index contributed by atoms with van der Waals surface area (Å²) >= 11 is 13.5. The molecule has 3 aromatic rings. The number of ether oxygens (including phenoxy) is 2. The molecule has 2 heterocycles. The zero-order valence-corrected chi connectivity index (χ0v) is 33.8. The maximum Gasteiger partial charge on any atom is 0.234 e. The summed E-state index contributed by atoms with van der Waals surface area (Å²) in [5.41, 5.74) is 4.58. The summed E-state index contributed by atoms with van der Waals surface area (Å²) in [5, 5.41) is 25.5. The van der Waals surface area contributed by atoms with Crippen molar-refractivity contribution < 1.29 is 29.3 Å². The molecule has 2 aromatic carbocycles. The molecule has 1 aromatic heterocycles. The van der Waals surface area contributed by atoms with Crippen molar-refractivity contribution in [3.63, 3.8) is 0 Å². The lowest BCUT2D eigenvalue weighted by atomic mass is 9.96. The van der Waals surface area contributed by atoms with Gasteiger partial charge in [0.05, 0.1) is 37.6 Å². The first kappa shape index (κ1) is 42.3. The number of carbonyl (C=O) groups is 2. The van der Waals surface area contributed by atoms with Gasteiger partial charge >= 0.3 is 0 Å². The number of nitrogens with one attached hydrogen (secondary N) is 2. The number of rotatable bonds is 23. The fourth-order valence-corrected chi connectivity index (χ4v) is 7.72. The van der Waals surface area contributed by atoms with Crippen LogP contribution >= 0.6 is 23.2 Å². The summed E-state index contributed by atoms with van der Waals surface area (Å²) in [7, 11) is 0. The van der Waals surface area contributed by atoms with Crippen LogP contribution in [0.5, 0.6) is 5.75 Å². The molecule has 1 unspecified atom stereocenters. The van der Waals surface area contributed by atoms with E-state index in [0.29, 0.717) is 55.2 Å². The zero-order chi connectivity index (χ0) is 39.3. The Hall–Kier alpha value is -3.29. The third-order valence-corrected chi connectivity index (χ3v) is 11.6. The number of benzene rings is 2. The highest BCUT2D eigenvalue weighted by Gasteiger charge is 2.48. The van der Waals surface area contributed by atoms with Gasteiger partial charge in [0.2, 0.25) is 11.8 Å². The van der Waals surface area contributed by atoms with Crippen LogP contribution in [0.25, 0.3) is 11.1 Å². The van der Waals surface area contributed by atoms with Crippen molar-refractivity contribution >= 4 is 35.0 Å². The van der Waals surface area contributed by atoms with Gasteiger partial charge in [-0.3, -0.25) is 24.4 Å². The minimum atomic E-state index is -0.680. The quantitative estimate of drug-likeness (QED) is 0.0866. The summed E-state index contributed by atoms with van der Waals surface area (Å²) in [6, 6.07) is 14.1. The number of para-hydroxylation sites is 1. The number of halogens is 2. The molecular formula is C43H57Cl2N5O6. The number of aliphatic hydroxyl groups is 2. The average Bonchev–Trinajstić information content (AvgIpc) is 4.15.